The molecule has 0 unspecified atom stereocenters. The zero-order chi connectivity index (χ0) is 18.9. The molecular formula is C14H26N2O6P2S. The Kier molecular flexibility index (Phi) is 9.67. The molecular weight excluding hydrogens is 386 g/mol. The van der Waals surface area contributed by atoms with E-state index in [1.54, 1.807) is 39.8 Å². The summed E-state index contributed by atoms with van der Waals surface area (Å²) in [6.45, 7) is 7.11. The molecule has 0 aliphatic rings. The lowest BCUT2D eigenvalue weighted by Gasteiger charge is -2.31. The zero-order valence-corrected chi connectivity index (χ0v) is 17.6. The van der Waals surface area contributed by atoms with Crippen LogP contribution >= 0.6 is 27.8 Å². The molecule has 0 aliphatic carbocycles. The zero-order valence-electron chi connectivity index (χ0n) is 14.9. The van der Waals surface area contributed by atoms with Crippen LogP contribution in [0.3, 0.4) is 0 Å². The molecule has 0 fully saturated rings. The molecule has 0 bridgehead atoms. The van der Waals surface area contributed by atoms with Crippen molar-refractivity contribution >= 4 is 33.6 Å². The van der Waals surface area contributed by atoms with Gasteiger partial charge in [-0.15, -0.1) is 12.6 Å². The minimum absolute atomic E-state index is 0.108. The topological polar surface area (TPSA) is 96.0 Å². The molecule has 0 saturated carbocycles. The Hall–Kier alpha value is -0.400. The lowest BCUT2D eigenvalue weighted by atomic mass is 10.5. The Labute approximate surface area is 154 Å². The highest BCUT2D eigenvalue weighted by Gasteiger charge is 2.51. The van der Waals surface area contributed by atoms with Crippen molar-refractivity contribution in [1.82, 2.24) is 4.98 Å². The lowest BCUT2D eigenvalue weighted by molar-refractivity contribution is 0.198. The second kappa shape index (κ2) is 10.7. The standard InChI is InChI=1S/C14H26N2O6P2S/c1-5-19-23(17,20-6-2)14(24(18,21-7-3)22-8-4)16-13-10-9-12(25)11-15-13/h9-11,14,25H,5-8H2,1-4H3,(H,15,16). The summed E-state index contributed by atoms with van der Waals surface area (Å²) in [6, 6.07) is 3.30. The van der Waals surface area contributed by atoms with Gasteiger partial charge in [-0.05, 0) is 39.8 Å². The fourth-order valence-electron chi connectivity index (χ4n) is 2.01. The van der Waals surface area contributed by atoms with E-state index in [0.717, 1.165) is 0 Å². The summed E-state index contributed by atoms with van der Waals surface area (Å²) in [6.07, 6.45) is 1.50. The fourth-order valence-corrected chi connectivity index (χ4v) is 7.06. The van der Waals surface area contributed by atoms with Crippen LogP contribution in [0.5, 0.6) is 0 Å². The summed E-state index contributed by atoms with van der Waals surface area (Å²) in [5.41, 5.74) is -1.35. The van der Waals surface area contributed by atoms with Crippen LogP contribution in [0.2, 0.25) is 0 Å². The highest BCUT2D eigenvalue weighted by Crippen LogP contribution is 2.70. The van der Waals surface area contributed by atoms with E-state index in [1.165, 1.54) is 6.20 Å². The normalized spacial score (nSPS) is 12.6. The number of rotatable bonds is 12. The molecule has 8 nitrogen and oxygen atoms in total. The van der Waals surface area contributed by atoms with Gasteiger partial charge in [0, 0.05) is 11.1 Å². The van der Waals surface area contributed by atoms with Gasteiger partial charge >= 0.3 is 15.2 Å². The Morgan fingerprint density at radius 3 is 1.72 bits per heavy atom. The van der Waals surface area contributed by atoms with Gasteiger partial charge in [0.25, 0.3) is 0 Å². The molecule has 0 saturated heterocycles. The molecule has 0 aromatic carbocycles. The predicted molar refractivity (Wildman–Crippen MR) is 101 cm³/mol. The summed E-state index contributed by atoms with van der Waals surface area (Å²) in [4.78, 5) is 4.78. The summed E-state index contributed by atoms with van der Waals surface area (Å²) < 4.78 is 48.0. The molecule has 1 aromatic rings. The molecule has 1 aromatic heterocycles. The van der Waals surface area contributed by atoms with Crippen LogP contribution in [0, 0.1) is 0 Å². The first-order chi connectivity index (χ1) is 11.8. The number of nitrogens with zero attached hydrogens (tertiary/aromatic N) is 1. The van der Waals surface area contributed by atoms with Crippen molar-refractivity contribution in [2.75, 3.05) is 31.7 Å². The predicted octanol–water partition coefficient (Wildman–Crippen LogP) is 4.60. The van der Waals surface area contributed by atoms with Gasteiger partial charge in [-0.3, -0.25) is 9.13 Å². The van der Waals surface area contributed by atoms with E-state index in [1.807, 2.05) is 0 Å². The van der Waals surface area contributed by atoms with Gasteiger partial charge in [0.15, 0.2) is 0 Å². The van der Waals surface area contributed by atoms with E-state index in [0.29, 0.717) is 10.7 Å². The van der Waals surface area contributed by atoms with Crippen LogP contribution < -0.4 is 5.32 Å². The maximum Gasteiger partial charge on any atom is 0.365 e. The third-order valence-corrected chi connectivity index (χ3v) is 8.75. The molecule has 25 heavy (non-hydrogen) atoms. The minimum Gasteiger partial charge on any atom is -0.346 e. The van der Waals surface area contributed by atoms with Crippen molar-refractivity contribution in [3.8, 4) is 0 Å². The molecule has 0 spiro atoms. The first-order valence-electron chi connectivity index (χ1n) is 8.04. The lowest BCUT2D eigenvalue weighted by Crippen LogP contribution is -2.26. The van der Waals surface area contributed by atoms with E-state index < -0.39 is 20.7 Å². The van der Waals surface area contributed by atoms with Gasteiger partial charge in [-0.1, -0.05) is 0 Å². The third-order valence-electron chi connectivity index (χ3n) is 2.86. The molecule has 1 heterocycles. The smallest absolute Gasteiger partial charge is 0.346 e. The number of hydrogen-bond acceptors (Lipinski definition) is 9. The number of pyridine rings is 1. The minimum atomic E-state index is -3.87. The Morgan fingerprint density at radius 1 is 0.960 bits per heavy atom. The van der Waals surface area contributed by atoms with E-state index in [2.05, 4.69) is 22.9 Å². The van der Waals surface area contributed by atoms with Crippen LogP contribution in [0.1, 0.15) is 27.7 Å². The molecule has 1 N–H and O–H groups in total. The van der Waals surface area contributed by atoms with Crippen LogP contribution in [0.4, 0.5) is 5.82 Å². The van der Waals surface area contributed by atoms with Crippen molar-refractivity contribution in [2.45, 2.75) is 38.1 Å². The van der Waals surface area contributed by atoms with Crippen molar-refractivity contribution in [3.05, 3.63) is 18.3 Å². The maximum atomic E-state index is 13.3. The monoisotopic (exact) mass is 412 g/mol. The average Bonchev–Trinajstić information content (AvgIpc) is 2.55. The highest BCUT2D eigenvalue weighted by molar-refractivity contribution is 7.80. The van der Waals surface area contributed by atoms with Gasteiger partial charge in [-0.25, -0.2) is 4.98 Å². The summed E-state index contributed by atoms with van der Waals surface area (Å²) in [5.74, 6) is 0.321. The molecule has 0 atom stereocenters. The third kappa shape index (κ3) is 6.36. The van der Waals surface area contributed by atoms with E-state index in [9.17, 15) is 9.13 Å². The van der Waals surface area contributed by atoms with Crippen LogP contribution in [0.15, 0.2) is 23.2 Å². The van der Waals surface area contributed by atoms with Crippen molar-refractivity contribution in [2.24, 2.45) is 0 Å². The van der Waals surface area contributed by atoms with Crippen LogP contribution in [0.25, 0.3) is 0 Å². The summed E-state index contributed by atoms with van der Waals surface area (Å²) in [5, 5.41) is 2.86. The molecule has 0 aliphatic heterocycles. The fraction of sp³-hybridized carbons (Fsp3) is 0.643. The van der Waals surface area contributed by atoms with E-state index in [-0.39, 0.29) is 26.4 Å². The van der Waals surface area contributed by atoms with Gasteiger partial charge < -0.3 is 23.4 Å². The number of anilines is 1. The Balaban J connectivity index is 3.34. The number of aromatic nitrogens is 1. The first kappa shape index (κ1) is 22.6. The molecule has 0 amide bonds. The second-order valence-electron chi connectivity index (χ2n) is 4.67. The maximum absolute atomic E-state index is 13.3. The van der Waals surface area contributed by atoms with Gasteiger partial charge in [0.2, 0.25) is 5.52 Å². The summed E-state index contributed by atoms with van der Waals surface area (Å²) >= 11 is 4.17. The molecule has 144 valence electrons. The largest absolute Gasteiger partial charge is 0.365 e. The SMILES string of the molecule is CCOP(=O)(OCC)C(Nc1ccc(S)cn1)P(=O)(OCC)OCC. The van der Waals surface area contributed by atoms with E-state index in [4.69, 9.17) is 18.1 Å². The highest BCUT2D eigenvalue weighted by atomic mass is 32.1. The molecule has 11 heteroatoms. The Bertz CT molecular complexity index is 566. The quantitative estimate of drug-likeness (QED) is 0.380. The van der Waals surface area contributed by atoms with Gasteiger partial charge in [-0.2, -0.15) is 0 Å². The van der Waals surface area contributed by atoms with Crippen molar-refractivity contribution in [3.63, 3.8) is 0 Å². The number of nitrogens with one attached hydrogen (secondary N) is 1. The number of hydrogen-bond donors (Lipinski definition) is 2. The average molecular weight is 412 g/mol. The van der Waals surface area contributed by atoms with Crippen molar-refractivity contribution in [1.29, 1.82) is 0 Å². The number of thiol groups is 1. The molecule has 0 radical (unpaired) electrons. The van der Waals surface area contributed by atoms with Gasteiger partial charge in [0.05, 0.1) is 26.4 Å². The van der Waals surface area contributed by atoms with E-state index >= 15 is 0 Å². The summed E-state index contributed by atoms with van der Waals surface area (Å²) in [7, 11) is -7.74. The van der Waals surface area contributed by atoms with Crippen molar-refractivity contribution < 1.29 is 27.2 Å². The van der Waals surface area contributed by atoms with Crippen LogP contribution in [-0.4, -0.2) is 36.9 Å². The first-order valence-corrected chi connectivity index (χ1v) is 11.7. The Morgan fingerprint density at radius 2 is 1.40 bits per heavy atom. The van der Waals surface area contributed by atoms with Crippen LogP contribution in [-0.2, 0) is 27.2 Å². The molecule has 1 rings (SSSR count). The van der Waals surface area contributed by atoms with Gasteiger partial charge in [0.1, 0.15) is 5.82 Å². The second-order valence-corrected chi connectivity index (χ2v) is 9.82.